The Morgan fingerprint density at radius 1 is 1.40 bits per heavy atom. The number of hydrogen-bond donors (Lipinski definition) is 0. The summed E-state index contributed by atoms with van der Waals surface area (Å²) in [5, 5.41) is 0. The van der Waals surface area contributed by atoms with Crippen LogP contribution >= 0.6 is 0 Å². The van der Waals surface area contributed by atoms with Gasteiger partial charge in [-0.1, -0.05) is 6.08 Å². The summed E-state index contributed by atoms with van der Waals surface area (Å²) in [6, 6.07) is 7.25. The second-order valence-electron chi connectivity index (χ2n) is 3.21. The molecule has 0 spiro atoms. The fourth-order valence-corrected chi connectivity index (χ4v) is 1.28. The first-order chi connectivity index (χ1) is 7.27. The van der Waals surface area contributed by atoms with Crippen molar-refractivity contribution < 1.29 is 9.53 Å². The van der Waals surface area contributed by atoms with Gasteiger partial charge in [0.25, 0.3) is 0 Å². The van der Waals surface area contributed by atoms with Gasteiger partial charge in [0.2, 0.25) is 0 Å². The maximum absolute atomic E-state index is 11.6. The number of ether oxygens (including phenoxy) is 1. The van der Waals surface area contributed by atoms with E-state index in [-0.39, 0.29) is 5.78 Å². The van der Waals surface area contributed by atoms with Gasteiger partial charge in [0.15, 0.2) is 5.78 Å². The molecular weight excluding hydrogens is 188 g/mol. The zero-order valence-corrected chi connectivity index (χ0v) is 9.03. The Balaban J connectivity index is 2.62. The Labute approximate surface area is 90.6 Å². The first-order valence-electron chi connectivity index (χ1n) is 5.15. The largest absolute Gasteiger partial charge is 0.494 e. The molecule has 2 nitrogen and oxygen atoms in total. The molecule has 80 valence electrons. The third kappa shape index (κ3) is 3.58. The molecule has 0 heterocycles. The van der Waals surface area contributed by atoms with Crippen molar-refractivity contribution in [2.75, 3.05) is 6.61 Å². The van der Waals surface area contributed by atoms with E-state index in [2.05, 4.69) is 6.58 Å². The SMILES string of the molecule is C=CCCC(=O)c1ccc(OCC)cc1. The molecule has 0 fully saturated rings. The van der Waals surface area contributed by atoms with Gasteiger partial charge in [-0.05, 0) is 37.6 Å². The van der Waals surface area contributed by atoms with Crippen molar-refractivity contribution in [2.45, 2.75) is 19.8 Å². The Morgan fingerprint density at radius 2 is 2.07 bits per heavy atom. The van der Waals surface area contributed by atoms with Crippen LogP contribution in [-0.4, -0.2) is 12.4 Å². The molecule has 1 rings (SSSR count). The Morgan fingerprint density at radius 3 is 2.60 bits per heavy atom. The van der Waals surface area contributed by atoms with Crippen LogP contribution in [0.25, 0.3) is 0 Å². The lowest BCUT2D eigenvalue weighted by Gasteiger charge is -2.03. The van der Waals surface area contributed by atoms with Crippen molar-refractivity contribution in [1.29, 1.82) is 0 Å². The molecule has 1 aromatic rings. The van der Waals surface area contributed by atoms with E-state index >= 15 is 0 Å². The zero-order valence-electron chi connectivity index (χ0n) is 9.03. The van der Waals surface area contributed by atoms with Crippen LogP contribution in [-0.2, 0) is 0 Å². The van der Waals surface area contributed by atoms with Crippen molar-refractivity contribution in [3.8, 4) is 5.75 Å². The molecular formula is C13H16O2. The third-order valence-electron chi connectivity index (χ3n) is 2.06. The monoisotopic (exact) mass is 204 g/mol. The summed E-state index contributed by atoms with van der Waals surface area (Å²) in [5.41, 5.74) is 0.736. The number of carbonyl (C=O) groups is 1. The maximum atomic E-state index is 11.6. The molecule has 0 unspecified atom stereocenters. The number of benzene rings is 1. The highest BCUT2D eigenvalue weighted by atomic mass is 16.5. The van der Waals surface area contributed by atoms with Gasteiger partial charge in [-0.2, -0.15) is 0 Å². The minimum atomic E-state index is 0.151. The highest BCUT2D eigenvalue weighted by Crippen LogP contribution is 2.13. The summed E-state index contributed by atoms with van der Waals surface area (Å²) < 4.78 is 5.29. The summed E-state index contributed by atoms with van der Waals surface area (Å²) in [7, 11) is 0. The Kier molecular flexibility index (Phi) is 4.61. The number of rotatable bonds is 6. The molecule has 0 aliphatic heterocycles. The highest BCUT2D eigenvalue weighted by Gasteiger charge is 2.04. The number of hydrogen-bond acceptors (Lipinski definition) is 2. The topological polar surface area (TPSA) is 26.3 Å². The first-order valence-corrected chi connectivity index (χ1v) is 5.15. The van der Waals surface area contributed by atoms with E-state index in [0.29, 0.717) is 13.0 Å². The van der Waals surface area contributed by atoms with Gasteiger partial charge in [0.1, 0.15) is 5.75 Å². The minimum Gasteiger partial charge on any atom is -0.494 e. The number of ketones is 1. The second kappa shape index (κ2) is 6.02. The molecule has 0 aliphatic carbocycles. The molecule has 0 atom stereocenters. The van der Waals surface area contributed by atoms with Crippen molar-refractivity contribution in [3.05, 3.63) is 42.5 Å². The molecule has 2 heteroatoms. The molecule has 0 bridgehead atoms. The lowest BCUT2D eigenvalue weighted by atomic mass is 10.1. The maximum Gasteiger partial charge on any atom is 0.163 e. The van der Waals surface area contributed by atoms with Gasteiger partial charge in [-0.15, -0.1) is 6.58 Å². The van der Waals surface area contributed by atoms with Gasteiger partial charge >= 0.3 is 0 Å². The van der Waals surface area contributed by atoms with Crippen LogP contribution in [0.3, 0.4) is 0 Å². The molecule has 0 saturated carbocycles. The van der Waals surface area contributed by atoms with Crippen LogP contribution in [0.1, 0.15) is 30.1 Å². The van der Waals surface area contributed by atoms with E-state index in [1.54, 1.807) is 18.2 Å². The van der Waals surface area contributed by atoms with E-state index in [1.165, 1.54) is 0 Å². The van der Waals surface area contributed by atoms with E-state index in [4.69, 9.17) is 4.74 Å². The van der Waals surface area contributed by atoms with Crippen molar-refractivity contribution in [1.82, 2.24) is 0 Å². The summed E-state index contributed by atoms with van der Waals surface area (Å²) in [6.07, 6.45) is 3.01. The first kappa shape index (κ1) is 11.5. The molecule has 0 N–H and O–H groups in total. The molecule has 0 saturated heterocycles. The smallest absolute Gasteiger partial charge is 0.163 e. The molecule has 0 amide bonds. The van der Waals surface area contributed by atoms with E-state index < -0.39 is 0 Å². The molecule has 1 aromatic carbocycles. The van der Waals surface area contributed by atoms with Gasteiger partial charge in [-0.25, -0.2) is 0 Å². The van der Waals surface area contributed by atoms with Crippen molar-refractivity contribution >= 4 is 5.78 Å². The van der Waals surface area contributed by atoms with Crippen LogP contribution in [0, 0.1) is 0 Å². The Hall–Kier alpha value is -1.57. The predicted octanol–water partition coefficient (Wildman–Crippen LogP) is 3.23. The summed E-state index contributed by atoms with van der Waals surface area (Å²) in [4.78, 5) is 11.6. The quantitative estimate of drug-likeness (QED) is 0.525. The predicted molar refractivity (Wildman–Crippen MR) is 61.4 cm³/mol. The normalized spacial score (nSPS) is 9.67. The van der Waals surface area contributed by atoms with Crippen LogP contribution in [0.4, 0.5) is 0 Å². The lowest BCUT2D eigenvalue weighted by Crippen LogP contribution is -1.98. The molecule has 0 aliphatic rings. The van der Waals surface area contributed by atoms with Crippen molar-refractivity contribution in [2.24, 2.45) is 0 Å². The van der Waals surface area contributed by atoms with Crippen LogP contribution in [0.5, 0.6) is 5.75 Å². The van der Waals surface area contributed by atoms with E-state index in [0.717, 1.165) is 17.7 Å². The van der Waals surface area contributed by atoms with Crippen LogP contribution < -0.4 is 4.74 Å². The average molecular weight is 204 g/mol. The molecule has 15 heavy (non-hydrogen) atoms. The van der Waals surface area contributed by atoms with Gasteiger partial charge < -0.3 is 4.74 Å². The molecule has 0 radical (unpaired) electrons. The summed E-state index contributed by atoms with van der Waals surface area (Å²) in [5.74, 6) is 0.954. The lowest BCUT2D eigenvalue weighted by molar-refractivity contribution is 0.0983. The van der Waals surface area contributed by atoms with Crippen LogP contribution in [0.2, 0.25) is 0 Å². The summed E-state index contributed by atoms with van der Waals surface area (Å²) >= 11 is 0. The van der Waals surface area contributed by atoms with Gasteiger partial charge in [0, 0.05) is 12.0 Å². The number of Topliss-reactive ketones (excluding diaryl/α,β-unsaturated/α-hetero) is 1. The Bertz CT molecular complexity index is 325. The minimum absolute atomic E-state index is 0.151. The fraction of sp³-hybridized carbons (Fsp3) is 0.308. The fourth-order valence-electron chi connectivity index (χ4n) is 1.28. The van der Waals surface area contributed by atoms with E-state index in [9.17, 15) is 4.79 Å². The van der Waals surface area contributed by atoms with Gasteiger partial charge in [0.05, 0.1) is 6.61 Å². The highest BCUT2D eigenvalue weighted by molar-refractivity contribution is 5.96. The van der Waals surface area contributed by atoms with Crippen molar-refractivity contribution in [3.63, 3.8) is 0 Å². The zero-order chi connectivity index (χ0) is 11.1. The molecule has 0 aromatic heterocycles. The van der Waals surface area contributed by atoms with Crippen LogP contribution in [0.15, 0.2) is 36.9 Å². The van der Waals surface area contributed by atoms with E-state index in [1.807, 2.05) is 19.1 Å². The number of carbonyl (C=O) groups excluding carboxylic acids is 1. The average Bonchev–Trinajstić information content (AvgIpc) is 2.27. The number of allylic oxidation sites excluding steroid dienone is 1. The van der Waals surface area contributed by atoms with Gasteiger partial charge in [-0.3, -0.25) is 4.79 Å². The summed E-state index contributed by atoms with van der Waals surface area (Å²) in [6.45, 7) is 6.17. The third-order valence-corrected chi connectivity index (χ3v) is 2.06. The second-order valence-corrected chi connectivity index (χ2v) is 3.21. The standard InChI is InChI=1S/C13H16O2/c1-3-5-6-13(14)11-7-9-12(10-8-11)15-4-2/h3,7-10H,1,4-6H2,2H3.